The highest BCUT2D eigenvalue weighted by Crippen LogP contribution is 2.23. The highest BCUT2D eigenvalue weighted by molar-refractivity contribution is 6.03. The first kappa shape index (κ1) is 15.9. The minimum atomic E-state index is -0.614. The minimum absolute atomic E-state index is 0.192. The second-order valence-corrected chi connectivity index (χ2v) is 5.45. The zero-order valence-electron chi connectivity index (χ0n) is 13.7. The SMILES string of the molecule is COc1ccc(OC(C)C(=O)Nc2cccc3ccccc23)cc1. The van der Waals surface area contributed by atoms with Crippen LogP contribution in [0.2, 0.25) is 0 Å². The standard InChI is InChI=1S/C20H19NO3/c1-14(24-17-12-10-16(23-2)11-13-17)20(22)21-19-9-5-7-15-6-3-4-8-18(15)19/h3-14H,1-2H3,(H,21,22). The van der Waals surface area contributed by atoms with Crippen LogP contribution in [0.3, 0.4) is 0 Å². The maximum Gasteiger partial charge on any atom is 0.265 e. The second kappa shape index (κ2) is 7.04. The Bertz CT molecular complexity index is 838. The maximum absolute atomic E-state index is 12.4. The Balaban J connectivity index is 1.71. The van der Waals surface area contributed by atoms with Gasteiger partial charge < -0.3 is 14.8 Å². The molecular formula is C20H19NO3. The predicted octanol–water partition coefficient (Wildman–Crippen LogP) is 4.25. The number of carbonyl (C=O) groups is 1. The van der Waals surface area contributed by atoms with Gasteiger partial charge in [0.15, 0.2) is 6.10 Å². The molecule has 24 heavy (non-hydrogen) atoms. The largest absolute Gasteiger partial charge is 0.497 e. The third kappa shape index (κ3) is 3.49. The fraction of sp³-hybridized carbons (Fsp3) is 0.150. The van der Waals surface area contributed by atoms with E-state index in [1.807, 2.05) is 42.5 Å². The Hall–Kier alpha value is -3.01. The van der Waals surface area contributed by atoms with E-state index in [2.05, 4.69) is 5.32 Å². The molecule has 1 unspecified atom stereocenters. The van der Waals surface area contributed by atoms with Crippen molar-refractivity contribution in [2.45, 2.75) is 13.0 Å². The summed E-state index contributed by atoms with van der Waals surface area (Å²) in [5.74, 6) is 1.17. The van der Waals surface area contributed by atoms with Crippen molar-refractivity contribution in [1.29, 1.82) is 0 Å². The summed E-state index contributed by atoms with van der Waals surface area (Å²) in [6.07, 6.45) is -0.614. The molecule has 3 rings (SSSR count). The van der Waals surface area contributed by atoms with Gasteiger partial charge in [0.25, 0.3) is 5.91 Å². The molecule has 0 fully saturated rings. The monoisotopic (exact) mass is 321 g/mol. The van der Waals surface area contributed by atoms with Gasteiger partial charge in [-0.2, -0.15) is 0 Å². The van der Waals surface area contributed by atoms with E-state index in [9.17, 15) is 4.79 Å². The molecule has 0 saturated heterocycles. The van der Waals surface area contributed by atoms with E-state index in [-0.39, 0.29) is 5.91 Å². The van der Waals surface area contributed by atoms with Crippen molar-refractivity contribution in [3.63, 3.8) is 0 Å². The van der Waals surface area contributed by atoms with E-state index in [0.717, 1.165) is 22.2 Å². The Labute approximate surface area is 141 Å². The summed E-state index contributed by atoms with van der Waals surface area (Å²) in [5, 5.41) is 5.03. The van der Waals surface area contributed by atoms with Gasteiger partial charge in [0.2, 0.25) is 0 Å². The summed E-state index contributed by atoms with van der Waals surface area (Å²) in [6, 6.07) is 20.9. The maximum atomic E-state index is 12.4. The number of anilines is 1. The van der Waals surface area contributed by atoms with Crippen LogP contribution in [0.1, 0.15) is 6.92 Å². The van der Waals surface area contributed by atoms with E-state index in [4.69, 9.17) is 9.47 Å². The van der Waals surface area contributed by atoms with Crippen molar-refractivity contribution in [2.24, 2.45) is 0 Å². The van der Waals surface area contributed by atoms with Gasteiger partial charge in [-0.05, 0) is 42.6 Å². The first-order valence-electron chi connectivity index (χ1n) is 7.77. The van der Waals surface area contributed by atoms with Gasteiger partial charge in [-0.3, -0.25) is 4.79 Å². The molecule has 1 N–H and O–H groups in total. The summed E-state index contributed by atoms with van der Waals surface area (Å²) in [4.78, 5) is 12.4. The van der Waals surface area contributed by atoms with E-state index >= 15 is 0 Å². The summed E-state index contributed by atoms with van der Waals surface area (Å²) in [5.41, 5.74) is 0.781. The molecule has 122 valence electrons. The van der Waals surface area contributed by atoms with Crippen LogP contribution in [0.4, 0.5) is 5.69 Å². The van der Waals surface area contributed by atoms with Crippen LogP contribution < -0.4 is 14.8 Å². The molecule has 0 heterocycles. The minimum Gasteiger partial charge on any atom is -0.497 e. The third-order valence-corrected chi connectivity index (χ3v) is 3.79. The van der Waals surface area contributed by atoms with Crippen molar-refractivity contribution in [2.75, 3.05) is 12.4 Å². The van der Waals surface area contributed by atoms with Gasteiger partial charge in [0.05, 0.1) is 7.11 Å². The van der Waals surface area contributed by atoms with Crippen LogP contribution >= 0.6 is 0 Å². The highest BCUT2D eigenvalue weighted by Gasteiger charge is 2.15. The molecule has 4 nitrogen and oxygen atoms in total. The van der Waals surface area contributed by atoms with Crippen molar-refractivity contribution in [3.05, 3.63) is 66.7 Å². The van der Waals surface area contributed by atoms with E-state index in [1.165, 1.54) is 0 Å². The number of ether oxygens (including phenoxy) is 2. The molecule has 4 heteroatoms. The zero-order valence-corrected chi connectivity index (χ0v) is 13.7. The molecule has 0 aliphatic heterocycles. The average molecular weight is 321 g/mol. The number of amides is 1. The van der Waals surface area contributed by atoms with E-state index < -0.39 is 6.10 Å². The molecule has 0 bridgehead atoms. The molecule has 0 aromatic heterocycles. The molecule has 0 spiro atoms. The van der Waals surface area contributed by atoms with Crippen LogP contribution in [-0.2, 0) is 4.79 Å². The number of rotatable bonds is 5. The molecule has 3 aromatic rings. The van der Waals surface area contributed by atoms with Crippen molar-refractivity contribution in [3.8, 4) is 11.5 Å². The van der Waals surface area contributed by atoms with E-state index in [0.29, 0.717) is 5.75 Å². The van der Waals surface area contributed by atoms with Gasteiger partial charge in [0, 0.05) is 11.1 Å². The van der Waals surface area contributed by atoms with Gasteiger partial charge in [0.1, 0.15) is 11.5 Å². The molecule has 0 saturated carbocycles. The Morgan fingerprint density at radius 1 is 0.917 bits per heavy atom. The number of carbonyl (C=O) groups excluding carboxylic acids is 1. The lowest BCUT2D eigenvalue weighted by Gasteiger charge is -2.16. The lowest BCUT2D eigenvalue weighted by molar-refractivity contribution is -0.122. The summed E-state index contributed by atoms with van der Waals surface area (Å²) >= 11 is 0. The smallest absolute Gasteiger partial charge is 0.265 e. The normalized spacial score (nSPS) is 11.8. The fourth-order valence-corrected chi connectivity index (χ4v) is 2.48. The zero-order chi connectivity index (χ0) is 16.9. The van der Waals surface area contributed by atoms with Gasteiger partial charge >= 0.3 is 0 Å². The predicted molar refractivity (Wildman–Crippen MR) is 95.7 cm³/mol. The van der Waals surface area contributed by atoms with Crippen LogP contribution in [0.15, 0.2) is 66.7 Å². The number of nitrogens with one attached hydrogen (secondary N) is 1. The Morgan fingerprint density at radius 2 is 1.58 bits per heavy atom. The Kier molecular flexibility index (Phi) is 4.66. The topological polar surface area (TPSA) is 47.6 Å². The summed E-state index contributed by atoms with van der Waals surface area (Å²) in [6.45, 7) is 1.73. The summed E-state index contributed by atoms with van der Waals surface area (Å²) in [7, 11) is 1.61. The van der Waals surface area contributed by atoms with Gasteiger partial charge in [-0.25, -0.2) is 0 Å². The average Bonchev–Trinajstić information content (AvgIpc) is 2.62. The third-order valence-electron chi connectivity index (χ3n) is 3.79. The number of methoxy groups -OCH3 is 1. The first-order valence-corrected chi connectivity index (χ1v) is 7.77. The lowest BCUT2D eigenvalue weighted by Crippen LogP contribution is -2.30. The molecular weight excluding hydrogens is 302 g/mol. The first-order chi connectivity index (χ1) is 11.7. The summed E-state index contributed by atoms with van der Waals surface area (Å²) < 4.78 is 10.8. The van der Waals surface area contributed by atoms with Crippen LogP contribution in [0.5, 0.6) is 11.5 Å². The quantitative estimate of drug-likeness (QED) is 0.764. The molecule has 3 aromatic carbocycles. The van der Waals surface area contributed by atoms with Crippen LogP contribution in [0, 0.1) is 0 Å². The van der Waals surface area contributed by atoms with Gasteiger partial charge in [-0.15, -0.1) is 0 Å². The van der Waals surface area contributed by atoms with Crippen LogP contribution in [0.25, 0.3) is 10.8 Å². The second-order valence-electron chi connectivity index (χ2n) is 5.45. The van der Waals surface area contributed by atoms with Gasteiger partial charge in [-0.1, -0.05) is 36.4 Å². The molecule has 0 aliphatic rings. The van der Waals surface area contributed by atoms with Crippen molar-refractivity contribution >= 4 is 22.4 Å². The Morgan fingerprint density at radius 3 is 2.33 bits per heavy atom. The molecule has 1 atom stereocenters. The molecule has 1 amide bonds. The van der Waals surface area contributed by atoms with Crippen molar-refractivity contribution in [1.82, 2.24) is 0 Å². The van der Waals surface area contributed by atoms with Crippen LogP contribution in [-0.4, -0.2) is 19.1 Å². The molecule has 0 radical (unpaired) electrons. The number of hydrogen-bond acceptors (Lipinski definition) is 3. The highest BCUT2D eigenvalue weighted by atomic mass is 16.5. The number of benzene rings is 3. The lowest BCUT2D eigenvalue weighted by atomic mass is 10.1. The molecule has 0 aliphatic carbocycles. The van der Waals surface area contributed by atoms with E-state index in [1.54, 1.807) is 38.3 Å². The van der Waals surface area contributed by atoms with Crippen molar-refractivity contribution < 1.29 is 14.3 Å². The number of fused-ring (bicyclic) bond motifs is 1. The number of hydrogen-bond donors (Lipinski definition) is 1. The fourth-order valence-electron chi connectivity index (χ4n) is 2.48.